The van der Waals surface area contributed by atoms with Crippen LogP contribution in [0, 0.1) is 5.82 Å². The van der Waals surface area contributed by atoms with Gasteiger partial charge in [0, 0.05) is 0 Å². The van der Waals surface area contributed by atoms with E-state index >= 15 is 0 Å². The molecule has 6 heteroatoms. The molecular weight excluding hydrogens is 228 g/mol. The van der Waals surface area contributed by atoms with Gasteiger partial charge in [-0.2, -0.15) is 13.2 Å². The van der Waals surface area contributed by atoms with Gasteiger partial charge in [-0.25, -0.2) is 4.39 Å². The van der Waals surface area contributed by atoms with Crippen LogP contribution in [0.5, 0.6) is 5.75 Å². The first-order valence-electron chi connectivity index (χ1n) is 4.23. The van der Waals surface area contributed by atoms with Crippen LogP contribution in [0.25, 0.3) is 0 Å². The van der Waals surface area contributed by atoms with E-state index in [2.05, 4.69) is 4.74 Å². The van der Waals surface area contributed by atoms with Crippen molar-refractivity contribution in [1.82, 2.24) is 0 Å². The van der Waals surface area contributed by atoms with Crippen molar-refractivity contribution in [3.05, 3.63) is 29.1 Å². The summed E-state index contributed by atoms with van der Waals surface area (Å²) in [6, 6.07) is 1.56. The van der Waals surface area contributed by atoms with Gasteiger partial charge >= 0.3 is 6.18 Å². The summed E-state index contributed by atoms with van der Waals surface area (Å²) in [5.74, 6) is -2.86. The van der Waals surface area contributed by atoms with Crippen molar-refractivity contribution in [2.45, 2.75) is 13.1 Å². The van der Waals surface area contributed by atoms with Crippen LogP contribution in [0.1, 0.15) is 22.8 Å². The summed E-state index contributed by atoms with van der Waals surface area (Å²) in [6.07, 6.45) is -4.90. The molecule has 0 saturated carbocycles. The number of rotatable bonds is 2. The number of halogens is 4. The van der Waals surface area contributed by atoms with Crippen molar-refractivity contribution < 1.29 is 27.1 Å². The molecule has 88 valence electrons. The minimum atomic E-state index is -4.90. The first kappa shape index (κ1) is 12.5. The molecule has 0 aliphatic rings. The molecule has 0 bridgehead atoms. The second kappa shape index (κ2) is 4.11. The lowest BCUT2D eigenvalue weighted by atomic mass is 10.0. The van der Waals surface area contributed by atoms with E-state index in [9.17, 15) is 22.4 Å². The topological polar surface area (TPSA) is 26.3 Å². The molecule has 2 nitrogen and oxygen atoms in total. The van der Waals surface area contributed by atoms with Gasteiger partial charge in [0.05, 0.1) is 12.7 Å². The molecule has 1 rings (SSSR count). The number of ether oxygens (including phenoxy) is 1. The van der Waals surface area contributed by atoms with Crippen LogP contribution in [0.3, 0.4) is 0 Å². The molecule has 0 spiro atoms. The molecular formula is C10H8F4O2. The third-order valence-electron chi connectivity index (χ3n) is 1.97. The van der Waals surface area contributed by atoms with Gasteiger partial charge in [-0.1, -0.05) is 0 Å². The first-order valence-corrected chi connectivity index (χ1v) is 4.23. The van der Waals surface area contributed by atoms with Crippen molar-refractivity contribution in [1.29, 1.82) is 0 Å². The van der Waals surface area contributed by atoms with Crippen LogP contribution in [0.2, 0.25) is 0 Å². The molecule has 0 atom stereocenters. The Labute approximate surface area is 88.8 Å². The van der Waals surface area contributed by atoms with Crippen LogP contribution >= 0.6 is 0 Å². The maximum absolute atomic E-state index is 13.1. The molecule has 16 heavy (non-hydrogen) atoms. The Morgan fingerprint density at radius 1 is 1.31 bits per heavy atom. The predicted molar refractivity (Wildman–Crippen MR) is 48.0 cm³/mol. The van der Waals surface area contributed by atoms with E-state index < -0.39 is 29.1 Å². The molecule has 0 heterocycles. The zero-order valence-corrected chi connectivity index (χ0v) is 8.48. The van der Waals surface area contributed by atoms with Crippen molar-refractivity contribution in [3.8, 4) is 5.75 Å². The van der Waals surface area contributed by atoms with E-state index in [4.69, 9.17) is 0 Å². The monoisotopic (exact) mass is 236 g/mol. The molecule has 0 aliphatic heterocycles. The minimum Gasteiger partial charge on any atom is -0.495 e. The number of methoxy groups -OCH3 is 1. The fourth-order valence-electron chi connectivity index (χ4n) is 1.31. The fourth-order valence-corrected chi connectivity index (χ4v) is 1.31. The normalized spacial score (nSPS) is 11.4. The number of hydrogen-bond donors (Lipinski definition) is 0. The average molecular weight is 236 g/mol. The second-order valence-corrected chi connectivity index (χ2v) is 3.06. The highest BCUT2D eigenvalue weighted by molar-refractivity contribution is 5.97. The van der Waals surface area contributed by atoms with E-state index in [-0.39, 0.29) is 5.56 Å². The van der Waals surface area contributed by atoms with E-state index in [1.165, 1.54) is 0 Å². The SMILES string of the molecule is COc1c(C(C)=O)ccc(F)c1C(F)(F)F. The molecule has 0 aromatic heterocycles. The van der Waals surface area contributed by atoms with Crippen molar-refractivity contribution >= 4 is 5.78 Å². The molecule has 1 aromatic carbocycles. The molecule has 0 radical (unpaired) electrons. The van der Waals surface area contributed by atoms with Crippen LogP contribution in [0.4, 0.5) is 17.6 Å². The number of Topliss-reactive ketones (excluding diaryl/α,β-unsaturated/α-hetero) is 1. The van der Waals surface area contributed by atoms with Gasteiger partial charge in [-0.3, -0.25) is 4.79 Å². The number of hydrogen-bond acceptors (Lipinski definition) is 2. The summed E-state index contributed by atoms with van der Waals surface area (Å²) in [5, 5.41) is 0. The number of carbonyl (C=O) groups excluding carboxylic acids is 1. The smallest absolute Gasteiger partial charge is 0.422 e. The highest BCUT2D eigenvalue weighted by Gasteiger charge is 2.39. The van der Waals surface area contributed by atoms with E-state index in [0.717, 1.165) is 20.1 Å². The number of alkyl halides is 3. The maximum atomic E-state index is 13.1. The quantitative estimate of drug-likeness (QED) is 0.582. The molecule has 0 unspecified atom stereocenters. The van der Waals surface area contributed by atoms with Gasteiger partial charge in [0.2, 0.25) is 0 Å². The third kappa shape index (κ3) is 2.15. The van der Waals surface area contributed by atoms with Gasteiger partial charge in [0.25, 0.3) is 0 Å². The van der Waals surface area contributed by atoms with Crippen LogP contribution in [-0.4, -0.2) is 12.9 Å². The molecule has 0 fully saturated rings. The lowest BCUT2D eigenvalue weighted by Crippen LogP contribution is -2.13. The highest BCUT2D eigenvalue weighted by Crippen LogP contribution is 2.40. The molecule has 0 aliphatic carbocycles. The van der Waals surface area contributed by atoms with E-state index in [0.29, 0.717) is 6.07 Å². The maximum Gasteiger partial charge on any atom is 0.422 e. The Balaban J connectivity index is 3.57. The zero-order valence-electron chi connectivity index (χ0n) is 8.48. The average Bonchev–Trinajstić information content (AvgIpc) is 2.14. The third-order valence-corrected chi connectivity index (χ3v) is 1.97. The van der Waals surface area contributed by atoms with E-state index in [1.807, 2.05) is 0 Å². The van der Waals surface area contributed by atoms with Crippen molar-refractivity contribution in [3.63, 3.8) is 0 Å². The summed E-state index contributed by atoms with van der Waals surface area (Å²) in [7, 11) is 0.955. The fraction of sp³-hybridized carbons (Fsp3) is 0.300. The Kier molecular flexibility index (Phi) is 3.21. The predicted octanol–water partition coefficient (Wildman–Crippen LogP) is 3.06. The number of ketones is 1. The first-order chi connectivity index (χ1) is 7.29. The largest absolute Gasteiger partial charge is 0.495 e. The lowest BCUT2D eigenvalue weighted by Gasteiger charge is -2.15. The summed E-state index contributed by atoms with van der Waals surface area (Å²) in [6.45, 7) is 1.08. The van der Waals surface area contributed by atoms with Crippen LogP contribution in [-0.2, 0) is 6.18 Å². The van der Waals surface area contributed by atoms with Gasteiger partial charge in [-0.05, 0) is 19.1 Å². The van der Waals surface area contributed by atoms with Crippen LogP contribution in [0.15, 0.2) is 12.1 Å². The summed E-state index contributed by atoms with van der Waals surface area (Å²) in [4.78, 5) is 11.0. The van der Waals surface area contributed by atoms with Gasteiger partial charge in [0.15, 0.2) is 5.78 Å². The van der Waals surface area contributed by atoms with Gasteiger partial charge in [-0.15, -0.1) is 0 Å². The minimum absolute atomic E-state index is 0.295. The van der Waals surface area contributed by atoms with Gasteiger partial charge in [0.1, 0.15) is 17.1 Å². The van der Waals surface area contributed by atoms with E-state index in [1.54, 1.807) is 0 Å². The van der Waals surface area contributed by atoms with Gasteiger partial charge < -0.3 is 4.74 Å². The second-order valence-electron chi connectivity index (χ2n) is 3.06. The van der Waals surface area contributed by atoms with Crippen molar-refractivity contribution in [2.75, 3.05) is 7.11 Å². The summed E-state index contributed by atoms with van der Waals surface area (Å²) < 4.78 is 55.1. The molecule has 0 N–H and O–H groups in total. The summed E-state index contributed by atoms with van der Waals surface area (Å²) >= 11 is 0. The molecule has 1 aromatic rings. The Hall–Kier alpha value is -1.59. The summed E-state index contributed by atoms with van der Waals surface area (Å²) in [5.41, 5.74) is -1.85. The zero-order chi connectivity index (χ0) is 12.5. The Morgan fingerprint density at radius 3 is 2.25 bits per heavy atom. The Bertz CT molecular complexity index is 424. The van der Waals surface area contributed by atoms with Crippen LogP contribution < -0.4 is 4.74 Å². The molecule has 0 amide bonds. The number of benzene rings is 1. The molecule has 0 saturated heterocycles. The standard InChI is InChI=1S/C10H8F4O2/c1-5(15)6-3-4-7(11)8(9(6)16-2)10(12,13)14/h3-4H,1-2H3. The number of carbonyl (C=O) groups is 1. The lowest BCUT2D eigenvalue weighted by molar-refractivity contribution is -0.141. The Morgan fingerprint density at radius 2 is 1.88 bits per heavy atom. The highest BCUT2D eigenvalue weighted by atomic mass is 19.4. The van der Waals surface area contributed by atoms with Crippen molar-refractivity contribution in [2.24, 2.45) is 0 Å².